The Morgan fingerprint density at radius 3 is 2.42 bits per heavy atom. The summed E-state index contributed by atoms with van der Waals surface area (Å²) in [5, 5.41) is 20.1. The second-order valence-electron chi connectivity index (χ2n) is 7.45. The molecule has 3 N–H and O–H groups in total. The normalized spacial score (nSPS) is 11.2. The molecule has 33 heavy (non-hydrogen) atoms. The second-order valence-corrected chi connectivity index (χ2v) is 8.30. The van der Waals surface area contributed by atoms with E-state index in [0.717, 1.165) is 33.5 Å². The number of halogens is 2. The Morgan fingerprint density at radius 1 is 0.909 bits per heavy atom. The van der Waals surface area contributed by atoms with Gasteiger partial charge in [-0.1, -0.05) is 71.7 Å². The molecule has 4 aromatic rings. The molecule has 0 unspecified atom stereocenters. The van der Waals surface area contributed by atoms with Crippen LogP contribution in [0.15, 0.2) is 84.0 Å². The molecule has 0 aliphatic rings. The molecular weight excluding hydrogens is 457 g/mol. The Labute approximate surface area is 201 Å². The van der Waals surface area contributed by atoms with Gasteiger partial charge in [-0.25, -0.2) is 5.43 Å². The van der Waals surface area contributed by atoms with Crippen LogP contribution in [0.5, 0.6) is 5.75 Å². The van der Waals surface area contributed by atoms with Crippen molar-refractivity contribution in [3.05, 3.63) is 111 Å². The standard InChI is InChI=1S/C26H21Cl2N3O2/c27-21-10-5-17(6-11-21)14-29-15-19-7-8-20(23-4-2-1-3-22(19)23)16-30-31-26(33)18-9-12-25(32)24(28)13-18/h1-13,16,29,32H,14-15H2,(H,31,33)/b30-16+. The first-order valence-electron chi connectivity index (χ1n) is 10.3. The Morgan fingerprint density at radius 2 is 1.67 bits per heavy atom. The largest absolute Gasteiger partial charge is 0.506 e. The number of hydrazone groups is 1. The van der Waals surface area contributed by atoms with Gasteiger partial charge in [0.2, 0.25) is 0 Å². The zero-order valence-corrected chi connectivity index (χ0v) is 19.1. The lowest BCUT2D eigenvalue weighted by molar-refractivity contribution is 0.0955. The molecule has 0 aliphatic carbocycles. The second kappa shape index (κ2) is 10.5. The molecule has 0 aliphatic heterocycles. The first kappa shape index (κ1) is 22.8. The van der Waals surface area contributed by atoms with E-state index in [9.17, 15) is 9.90 Å². The number of benzene rings is 4. The number of amides is 1. The highest BCUT2D eigenvalue weighted by molar-refractivity contribution is 6.32. The fraction of sp³-hybridized carbons (Fsp3) is 0.0769. The predicted octanol–water partition coefficient (Wildman–Crippen LogP) is 5.91. The van der Waals surface area contributed by atoms with Gasteiger partial charge in [0, 0.05) is 29.2 Å². The third-order valence-corrected chi connectivity index (χ3v) is 5.74. The van der Waals surface area contributed by atoms with Gasteiger partial charge in [-0.3, -0.25) is 4.79 Å². The summed E-state index contributed by atoms with van der Waals surface area (Å²) in [5.74, 6) is -0.494. The number of hydrogen-bond donors (Lipinski definition) is 3. The molecule has 166 valence electrons. The molecule has 0 aromatic heterocycles. The Bertz CT molecular complexity index is 1320. The smallest absolute Gasteiger partial charge is 0.271 e. The van der Waals surface area contributed by atoms with E-state index in [2.05, 4.69) is 28.0 Å². The van der Waals surface area contributed by atoms with Crippen LogP contribution in [0.25, 0.3) is 10.8 Å². The fourth-order valence-corrected chi connectivity index (χ4v) is 3.77. The summed E-state index contributed by atoms with van der Waals surface area (Å²) < 4.78 is 0. The summed E-state index contributed by atoms with van der Waals surface area (Å²) in [6.45, 7) is 1.45. The molecule has 1 amide bonds. The minimum absolute atomic E-state index is 0.0778. The molecule has 0 saturated carbocycles. The van der Waals surface area contributed by atoms with E-state index in [4.69, 9.17) is 23.2 Å². The van der Waals surface area contributed by atoms with Crippen LogP contribution >= 0.6 is 23.2 Å². The van der Waals surface area contributed by atoms with Gasteiger partial charge in [0.25, 0.3) is 5.91 Å². The van der Waals surface area contributed by atoms with Crippen LogP contribution in [0, 0.1) is 0 Å². The van der Waals surface area contributed by atoms with Gasteiger partial charge in [0.1, 0.15) is 5.75 Å². The molecular formula is C26H21Cl2N3O2. The van der Waals surface area contributed by atoms with Crippen molar-refractivity contribution in [2.24, 2.45) is 5.10 Å². The van der Waals surface area contributed by atoms with Crippen molar-refractivity contribution in [2.45, 2.75) is 13.1 Å². The molecule has 0 heterocycles. The number of fused-ring (bicyclic) bond motifs is 1. The van der Waals surface area contributed by atoms with Crippen LogP contribution in [0.1, 0.15) is 27.0 Å². The highest BCUT2D eigenvalue weighted by Gasteiger charge is 2.08. The van der Waals surface area contributed by atoms with E-state index in [1.54, 1.807) is 6.21 Å². The Kier molecular flexibility index (Phi) is 7.25. The van der Waals surface area contributed by atoms with E-state index >= 15 is 0 Å². The molecule has 0 bridgehead atoms. The molecule has 0 radical (unpaired) electrons. The van der Waals surface area contributed by atoms with Crippen LogP contribution in [0.4, 0.5) is 0 Å². The zero-order chi connectivity index (χ0) is 23.2. The molecule has 0 fully saturated rings. The van der Waals surface area contributed by atoms with Gasteiger partial charge in [-0.05, 0) is 52.2 Å². The highest BCUT2D eigenvalue weighted by atomic mass is 35.5. The van der Waals surface area contributed by atoms with Crippen molar-refractivity contribution in [1.82, 2.24) is 10.7 Å². The molecule has 0 saturated heterocycles. The zero-order valence-electron chi connectivity index (χ0n) is 17.6. The summed E-state index contributed by atoms with van der Waals surface area (Å²) in [6.07, 6.45) is 1.62. The number of phenolic OH excluding ortho intramolecular Hbond substituents is 1. The number of nitrogens with zero attached hydrogens (tertiary/aromatic N) is 1. The van der Waals surface area contributed by atoms with E-state index in [0.29, 0.717) is 12.1 Å². The van der Waals surface area contributed by atoms with Gasteiger partial charge in [0.05, 0.1) is 11.2 Å². The summed E-state index contributed by atoms with van der Waals surface area (Å²) in [7, 11) is 0. The molecule has 5 nitrogen and oxygen atoms in total. The van der Waals surface area contributed by atoms with E-state index in [1.165, 1.54) is 23.8 Å². The van der Waals surface area contributed by atoms with Crippen LogP contribution in [0.3, 0.4) is 0 Å². The van der Waals surface area contributed by atoms with Gasteiger partial charge in [0.15, 0.2) is 0 Å². The lowest BCUT2D eigenvalue weighted by atomic mass is 10.00. The van der Waals surface area contributed by atoms with Crippen molar-refractivity contribution in [1.29, 1.82) is 0 Å². The minimum atomic E-state index is -0.416. The van der Waals surface area contributed by atoms with Crippen molar-refractivity contribution in [3.8, 4) is 5.75 Å². The number of aromatic hydroxyl groups is 1. The SMILES string of the molecule is O=C(N/N=C/c1ccc(CNCc2ccc(Cl)cc2)c2ccccc12)c1ccc(O)c(Cl)c1. The number of hydrogen-bond acceptors (Lipinski definition) is 4. The third-order valence-electron chi connectivity index (χ3n) is 5.19. The predicted molar refractivity (Wildman–Crippen MR) is 134 cm³/mol. The number of phenols is 1. The topological polar surface area (TPSA) is 73.7 Å². The minimum Gasteiger partial charge on any atom is -0.506 e. The van der Waals surface area contributed by atoms with Crippen molar-refractivity contribution in [3.63, 3.8) is 0 Å². The monoisotopic (exact) mass is 477 g/mol. The van der Waals surface area contributed by atoms with Crippen LogP contribution in [-0.2, 0) is 13.1 Å². The van der Waals surface area contributed by atoms with Crippen LogP contribution in [-0.4, -0.2) is 17.2 Å². The molecule has 4 aromatic carbocycles. The summed E-state index contributed by atoms with van der Waals surface area (Å²) in [5.41, 5.74) is 6.02. The van der Waals surface area contributed by atoms with Crippen LogP contribution < -0.4 is 10.7 Å². The number of carbonyl (C=O) groups is 1. The first-order chi connectivity index (χ1) is 16.0. The lowest BCUT2D eigenvalue weighted by Gasteiger charge is -2.11. The Hall–Kier alpha value is -3.38. The number of nitrogens with one attached hydrogen (secondary N) is 2. The average molecular weight is 478 g/mol. The summed E-state index contributed by atoms with van der Waals surface area (Å²) in [6, 6.07) is 24.1. The van der Waals surface area contributed by atoms with Crippen molar-refractivity contribution in [2.75, 3.05) is 0 Å². The van der Waals surface area contributed by atoms with Gasteiger partial charge >= 0.3 is 0 Å². The maximum Gasteiger partial charge on any atom is 0.271 e. The molecule has 0 atom stereocenters. The molecule has 7 heteroatoms. The Balaban J connectivity index is 1.45. The maximum atomic E-state index is 12.3. The van der Waals surface area contributed by atoms with E-state index < -0.39 is 5.91 Å². The molecule has 0 spiro atoms. The average Bonchev–Trinajstić information content (AvgIpc) is 2.83. The summed E-state index contributed by atoms with van der Waals surface area (Å²) in [4.78, 5) is 12.3. The molecule has 4 rings (SSSR count). The van der Waals surface area contributed by atoms with Crippen LogP contribution in [0.2, 0.25) is 10.0 Å². The quantitative estimate of drug-likeness (QED) is 0.229. The van der Waals surface area contributed by atoms with Crippen molar-refractivity contribution < 1.29 is 9.90 Å². The maximum absolute atomic E-state index is 12.3. The van der Waals surface area contributed by atoms with E-state index in [1.807, 2.05) is 48.5 Å². The van der Waals surface area contributed by atoms with Crippen molar-refractivity contribution >= 4 is 46.1 Å². The van der Waals surface area contributed by atoms with Gasteiger partial charge in [-0.2, -0.15) is 5.10 Å². The third kappa shape index (κ3) is 5.71. The first-order valence-corrected chi connectivity index (χ1v) is 11.0. The van der Waals surface area contributed by atoms with E-state index in [-0.39, 0.29) is 10.8 Å². The fourth-order valence-electron chi connectivity index (χ4n) is 3.47. The number of rotatable bonds is 7. The number of carbonyl (C=O) groups excluding carboxylic acids is 1. The highest BCUT2D eigenvalue weighted by Crippen LogP contribution is 2.24. The van der Waals surface area contributed by atoms with Gasteiger partial charge in [-0.15, -0.1) is 0 Å². The van der Waals surface area contributed by atoms with Gasteiger partial charge < -0.3 is 10.4 Å². The lowest BCUT2D eigenvalue weighted by Crippen LogP contribution is -2.17. The summed E-state index contributed by atoms with van der Waals surface area (Å²) >= 11 is 11.8.